The van der Waals surface area contributed by atoms with E-state index in [9.17, 15) is 8.42 Å². The Morgan fingerprint density at radius 1 is 1.45 bits per heavy atom. The summed E-state index contributed by atoms with van der Waals surface area (Å²) in [6, 6.07) is 2.80. The molecule has 1 aliphatic heterocycles. The highest BCUT2D eigenvalue weighted by Gasteiger charge is 2.31. The van der Waals surface area contributed by atoms with Gasteiger partial charge < -0.3 is 5.73 Å². The minimum absolute atomic E-state index is 0.0331. The molecule has 1 aromatic carbocycles. The Morgan fingerprint density at radius 2 is 2.15 bits per heavy atom. The van der Waals surface area contributed by atoms with Gasteiger partial charge in [0.25, 0.3) is 0 Å². The van der Waals surface area contributed by atoms with Crippen molar-refractivity contribution in [3.63, 3.8) is 0 Å². The molecule has 8 heteroatoms. The maximum Gasteiger partial charge on any atom is 0.242 e. The first-order valence-electron chi connectivity index (χ1n) is 6.12. The van der Waals surface area contributed by atoms with E-state index < -0.39 is 10.0 Å². The average Bonchev–Trinajstić information content (AvgIpc) is 2.81. The van der Waals surface area contributed by atoms with Crippen molar-refractivity contribution in [1.82, 2.24) is 4.72 Å². The first kappa shape index (κ1) is 16.2. The Hall–Kier alpha value is -0.140. The highest BCUT2D eigenvalue weighted by atomic mass is 35.5. The largest absolute Gasteiger partial charge is 0.396 e. The van der Waals surface area contributed by atoms with Gasteiger partial charge in [-0.1, -0.05) is 23.2 Å². The second-order valence-electron chi connectivity index (χ2n) is 5.00. The Labute approximate surface area is 133 Å². The number of nitrogen functional groups attached to an aromatic ring is 1. The van der Waals surface area contributed by atoms with E-state index in [2.05, 4.69) is 11.6 Å². The number of thioether (sulfide) groups is 1. The van der Waals surface area contributed by atoms with Crippen molar-refractivity contribution in [3.8, 4) is 0 Å². The topological polar surface area (TPSA) is 72.2 Å². The SMILES string of the molecule is CC1(CNS(=O)(=O)c2ccc(Cl)c(N)c2Cl)CCCS1. The van der Waals surface area contributed by atoms with Crippen LogP contribution >= 0.6 is 35.0 Å². The maximum absolute atomic E-state index is 12.3. The fourth-order valence-corrected chi connectivity index (χ4v) is 5.33. The molecule has 0 spiro atoms. The Bertz CT molecular complexity index is 614. The van der Waals surface area contributed by atoms with Crippen molar-refractivity contribution in [3.05, 3.63) is 22.2 Å². The van der Waals surface area contributed by atoms with Crippen LogP contribution in [0.4, 0.5) is 5.69 Å². The molecule has 0 bridgehead atoms. The maximum atomic E-state index is 12.3. The number of hydrogen-bond acceptors (Lipinski definition) is 4. The predicted octanol–water partition coefficient (Wildman–Crippen LogP) is 3.14. The van der Waals surface area contributed by atoms with Crippen LogP contribution in [0.5, 0.6) is 0 Å². The zero-order chi connectivity index (χ0) is 15.0. The second-order valence-corrected chi connectivity index (χ2v) is 9.20. The van der Waals surface area contributed by atoms with E-state index in [0.717, 1.165) is 18.6 Å². The summed E-state index contributed by atoms with van der Waals surface area (Å²) in [6.07, 6.45) is 2.11. The monoisotopic (exact) mass is 354 g/mol. The molecule has 2 rings (SSSR count). The highest BCUT2D eigenvalue weighted by Crippen LogP contribution is 2.38. The summed E-state index contributed by atoms with van der Waals surface area (Å²) in [7, 11) is -3.69. The summed E-state index contributed by atoms with van der Waals surface area (Å²) in [4.78, 5) is -0.0346. The highest BCUT2D eigenvalue weighted by molar-refractivity contribution is 8.01. The van der Waals surface area contributed by atoms with Gasteiger partial charge in [0.2, 0.25) is 10.0 Å². The fraction of sp³-hybridized carbons (Fsp3) is 0.500. The molecule has 1 atom stereocenters. The fourth-order valence-electron chi connectivity index (χ4n) is 2.06. The molecule has 112 valence electrons. The predicted molar refractivity (Wildman–Crippen MR) is 86.2 cm³/mol. The van der Waals surface area contributed by atoms with Crippen LogP contribution in [-0.4, -0.2) is 25.5 Å². The number of anilines is 1. The van der Waals surface area contributed by atoms with Crippen molar-refractivity contribution in [2.24, 2.45) is 0 Å². The van der Waals surface area contributed by atoms with Crippen molar-refractivity contribution < 1.29 is 8.42 Å². The molecular weight excluding hydrogens is 339 g/mol. The molecule has 20 heavy (non-hydrogen) atoms. The van der Waals surface area contributed by atoms with Crippen LogP contribution in [0.2, 0.25) is 10.0 Å². The molecule has 1 heterocycles. The molecule has 1 aliphatic rings. The standard InChI is InChI=1S/C12H16Cl2N2O2S2/c1-12(5-2-6-19-12)7-16-20(17,18)9-4-3-8(13)11(15)10(9)14/h3-4,16H,2,5-7,15H2,1H3. The molecular formula is C12H16Cl2N2O2S2. The molecule has 0 aliphatic carbocycles. The van der Waals surface area contributed by atoms with E-state index in [0.29, 0.717) is 6.54 Å². The van der Waals surface area contributed by atoms with E-state index in [4.69, 9.17) is 28.9 Å². The summed E-state index contributed by atoms with van der Waals surface area (Å²) in [5, 5.41) is 0.210. The Morgan fingerprint density at radius 3 is 2.75 bits per heavy atom. The number of nitrogens with two attached hydrogens (primary N) is 1. The second kappa shape index (κ2) is 5.93. The van der Waals surface area contributed by atoms with Gasteiger partial charge in [-0.15, -0.1) is 0 Å². The van der Waals surface area contributed by atoms with Crippen LogP contribution < -0.4 is 10.5 Å². The molecule has 1 unspecified atom stereocenters. The number of nitrogens with one attached hydrogen (secondary N) is 1. The van der Waals surface area contributed by atoms with Crippen molar-refractivity contribution in [2.45, 2.75) is 29.4 Å². The Balaban J connectivity index is 2.21. The van der Waals surface area contributed by atoms with E-state index in [-0.39, 0.29) is 25.4 Å². The molecule has 3 N–H and O–H groups in total. The van der Waals surface area contributed by atoms with E-state index >= 15 is 0 Å². The molecule has 1 aromatic rings. The molecule has 0 radical (unpaired) electrons. The third kappa shape index (κ3) is 3.36. The normalized spacial score (nSPS) is 23.1. The number of benzene rings is 1. The van der Waals surface area contributed by atoms with Crippen molar-refractivity contribution >= 4 is 50.7 Å². The van der Waals surface area contributed by atoms with Gasteiger partial charge in [-0.2, -0.15) is 11.8 Å². The third-order valence-electron chi connectivity index (χ3n) is 3.32. The number of rotatable bonds is 4. The summed E-state index contributed by atoms with van der Waals surface area (Å²) < 4.78 is 27.2. The third-order valence-corrected chi connectivity index (χ3v) is 7.15. The summed E-state index contributed by atoms with van der Waals surface area (Å²) in [5.74, 6) is 1.06. The van der Waals surface area contributed by atoms with Gasteiger partial charge in [-0.25, -0.2) is 13.1 Å². The van der Waals surface area contributed by atoms with Crippen LogP contribution in [0.3, 0.4) is 0 Å². The van der Waals surface area contributed by atoms with Crippen LogP contribution in [-0.2, 0) is 10.0 Å². The van der Waals surface area contributed by atoms with E-state index in [1.54, 1.807) is 11.8 Å². The molecule has 0 amide bonds. The minimum Gasteiger partial charge on any atom is -0.396 e. The quantitative estimate of drug-likeness (QED) is 0.814. The van der Waals surface area contributed by atoms with Gasteiger partial charge >= 0.3 is 0 Å². The summed E-state index contributed by atoms with van der Waals surface area (Å²) in [5.41, 5.74) is 5.74. The molecule has 1 fully saturated rings. The van der Waals surface area contributed by atoms with Gasteiger partial charge in [0, 0.05) is 11.3 Å². The van der Waals surface area contributed by atoms with Crippen LogP contribution in [0.15, 0.2) is 17.0 Å². The van der Waals surface area contributed by atoms with Crippen molar-refractivity contribution in [1.29, 1.82) is 0 Å². The van der Waals surface area contributed by atoms with Crippen molar-refractivity contribution in [2.75, 3.05) is 18.0 Å². The molecule has 0 saturated carbocycles. The minimum atomic E-state index is -3.69. The van der Waals surface area contributed by atoms with Gasteiger partial charge in [0.1, 0.15) is 4.90 Å². The van der Waals surface area contributed by atoms with Gasteiger partial charge in [0.05, 0.1) is 15.7 Å². The zero-order valence-corrected chi connectivity index (χ0v) is 14.1. The lowest BCUT2D eigenvalue weighted by Crippen LogP contribution is -2.36. The summed E-state index contributed by atoms with van der Waals surface area (Å²) in [6.45, 7) is 2.43. The lowest BCUT2D eigenvalue weighted by Gasteiger charge is -2.23. The molecule has 1 saturated heterocycles. The Kier molecular flexibility index (Phi) is 4.81. The number of halogens is 2. The average molecular weight is 355 g/mol. The van der Waals surface area contributed by atoms with Crippen LogP contribution in [0.25, 0.3) is 0 Å². The summed E-state index contributed by atoms with van der Waals surface area (Å²) >= 11 is 13.6. The van der Waals surface area contributed by atoms with E-state index in [1.807, 2.05) is 0 Å². The lowest BCUT2D eigenvalue weighted by molar-refractivity contribution is 0.552. The first-order valence-corrected chi connectivity index (χ1v) is 9.35. The number of hydrogen-bond donors (Lipinski definition) is 2. The number of sulfonamides is 1. The lowest BCUT2D eigenvalue weighted by atomic mass is 10.1. The van der Waals surface area contributed by atoms with E-state index in [1.165, 1.54) is 12.1 Å². The molecule has 0 aromatic heterocycles. The zero-order valence-electron chi connectivity index (χ0n) is 10.9. The molecule has 4 nitrogen and oxygen atoms in total. The smallest absolute Gasteiger partial charge is 0.242 e. The van der Waals surface area contributed by atoms with Gasteiger partial charge in [-0.05, 0) is 37.7 Å². The van der Waals surface area contributed by atoms with Gasteiger partial charge in [0.15, 0.2) is 0 Å². The van der Waals surface area contributed by atoms with Crippen LogP contribution in [0, 0.1) is 0 Å². The van der Waals surface area contributed by atoms with Crippen LogP contribution in [0.1, 0.15) is 19.8 Å². The van der Waals surface area contributed by atoms with Gasteiger partial charge in [-0.3, -0.25) is 0 Å². The first-order chi connectivity index (χ1) is 9.25.